The van der Waals surface area contributed by atoms with Gasteiger partial charge in [0.2, 0.25) is 0 Å². The summed E-state index contributed by atoms with van der Waals surface area (Å²) in [5.41, 5.74) is 3.55. The highest BCUT2D eigenvalue weighted by molar-refractivity contribution is 5.66. The van der Waals surface area contributed by atoms with Crippen LogP contribution in [0.1, 0.15) is 43.2 Å². The summed E-state index contributed by atoms with van der Waals surface area (Å²) in [5, 5.41) is 0. The Kier molecular flexibility index (Phi) is 3.94. The Morgan fingerprint density at radius 3 is 2.04 bits per heavy atom. The summed E-state index contributed by atoms with van der Waals surface area (Å²) in [6, 6.07) is 11.3. The predicted octanol–water partition coefficient (Wildman–Crippen LogP) is -0.0676. The molecule has 0 N–H and O–H groups in total. The third-order valence-corrected chi connectivity index (χ3v) is 6.57. The summed E-state index contributed by atoms with van der Waals surface area (Å²) >= 11 is 0. The van der Waals surface area contributed by atoms with Crippen LogP contribution < -0.4 is 18.6 Å². The Hall–Kier alpha value is -1.04. The van der Waals surface area contributed by atoms with Crippen molar-refractivity contribution in [3.05, 3.63) is 47.5 Å². The van der Waals surface area contributed by atoms with E-state index in [1.54, 1.807) is 12.0 Å². The summed E-state index contributed by atoms with van der Waals surface area (Å²) in [6.07, 6.45) is 12.5. The van der Waals surface area contributed by atoms with Crippen LogP contribution >= 0.6 is 0 Å². The van der Waals surface area contributed by atoms with Crippen LogP contribution in [-0.4, -0.2) is 0 Å². The first-order valence-electron chi connectivity index (χ1n) is 8.60. The summed E-state index contributed by atoms with van der Waals surface area (Å²) in [4.78, 5) is 0. The highest BCUT2D eigenvalue weighted by atomic mass is 35.7. The van der Waals surface area contributed by atoms with Crippen LogP contribution in [0.3, 0.4) is 0 Å². The lowest BCUT2D eigenvalue weighted by Crippen LogP contribution is -2.68. The van der Waals surface area contributed by atoms with Gasteiger partial charge in [-0.2, -0.15) is 0 Å². The molecule has 0 aliphatic heterocycles. The molecule has 0 amide bonds. The first-order valence-corrected chi connectivity index (χ1v) is 9.83. The van der Waals surface area contributed by atoms with E-state index in [0.29, 0.717) is 5.41 Å². The third kappa shape index (κ3) is 2.76. The third-order valence-electron chi connectivity index (χ3n) is 6.57. The second-order valence-electron chi connectivity index (χ2n) is 7.73. The molecule has 0 aromatic heterocycles. The van der Waals surface area contributed by atoms with Gasteiger partial charge >= 0.3 is 0 Å². The van der Waals surface area contributed by atoms with E-state index in [1.807, 2.05) is 0 Å². The highest BCUT2D eigenvalue weighted by Gasteiger charge is 2.60. The van der Waals surface area contributed by atoms with Crippen LogP contribution in [0.15, 0.2) is 36.4 Å². The van der Waals surface area contributed by atoms with Gasteiger partial charge in [-0.15, -0.1) is 10.2 Å². The number of halogens is 1. The van der Waals surface area contributed by atoms with E-state index in [-0.39, 0.29) is 0 Å². The van der Waals surface area contributed by atoms with E-state index in [0.717, 1.165) is 23.7 Å². The summed E-state index contributed by atoms with van der Waals surface area (Å²) in [7, 11) is -4.94. The van der Waals surface area contributed by atoms with Gasteiger partial charge in [0.05, 0.1) is 16.5 Å². The van der Waals surface area contributed by atoms with Crippen LogP contribution in [0, 0.1) is 33.9 Å². The number of rotatable bonds is 0. The molecule has 5 heteroatoms. The van der Waals surface area contributed by atoms with Gasteiger partial charge in [-0.25, -0.2) is 18.6 Å². The lowest BCUT2D eigenvalue weighted by atomic mass is 9.44. The smallest absolute Gasteiger partial charge is 0.0709 e. The SMILES string of the molecule is C1=CC2(c3ccccc[c+]31)C1CC3CC(C1)CC2C3.[O-][Cl+3]([O-])([O-])[O-]. The molecule has 1 aromatic carbocycles. The first-order chi connectivity index (χ1) is 11.4. The molecule has 128 valence electrons. The molecule has 4 saturated carbocycles. The molecule has 1 aromatic rings. The van der Waals surface area contributed by atoms with Gasteiger partial charge < -0.3 is 0 Å². The van der Waals surface area contributed by atoms with Crippen LogP contribution in [0.25, 0.3) is 6.08 Å². The van der Waals surface area contributed by atoms with Crippen molar-refractivity contribution in [2.45, 2.75) is 37.5 Å². The van der Waals surface area contributed by atoms with Crippen LogP contribution in [-0.2, 0) is 5.41 Å². The van der Waals surface area contributed by atoms with Crippen molar-refractivity contribution >= 4 is 6.08 Å². The van der Waals surface area contributed by atoms with Crippen molar-refractivity contribution in [2.24, 2.45) is 23.7 Å². The predicted molar refractivity (Wildman–Crippen MR) is 78.6 cm³/mol. The van der Waals surface area contributed by atoms with Crippen molar-refractivity contribution in [3.63, 3.8) is 0 Å². The van der Waals surface area contributed by atoms with E-state index < -0.39 is 10.2 Å². The zero-order valence-corrected chi connectivity index (χ0v) is 14.2. The van der Waals surface area contributed by atoms with Crippen LogP contribution in [0.5, 0.6) is 0 Å². The molecule has 4 bridgehead atoms. The number of fused-ring (bicyclic) bond motifs is 1. The minimum absolute atomic E-state index is 0.418. The Morgan fingerprint density at radius 2 is 1.46 bits per heavy atom. The van der Waals surface area contributed by atoms with Gasteiger partial charge in [-0.3, -0.25) is 0 Å². The molecular weight excluding hydrogens is 328 g/mol. The number of hydrogen-bond donors (Lipinski definition) is 0. The molecule has 0 atom stereocenters. The second kappa shape index (κ2) is 5.75. The molecule has 4 fully saturated rings. The lowest BCUT2D eigenvalue weighted by molar-refractivity contribution is -2.00. The van der Waals surface area contributed by atoms with Gasteiger partial charge in [0, 0.05) is 24.3 Å². The van der Waals surface area contributed by atoms with E-state index in [4.69, 9.17) is 18.6 Å². The first kappa shape index (κ1) is 16.4. The van der Waals surface area contributed by atoms with Crippen LogP contribution in [0.4, 0.5) is 0 Å². The maximum Gasteiger partial charge on any atom is 0.0709 e. The minimum atomic E-state index is -4.94. The van der Waals surface area contributed by atoms with E-state index in [1.165, 1.54) is 31.2 Å². The lowest BCUT2D eigenvalue weighted by Gasteiger charge is -2.58. The van der Waals surface area contributed by atoms with E-state index >= 15 is 0 Å². The Morgan fingerprint density at radius 1 is 0.875 bits per heavy atom. The molecule has 4 nitrogen and oxygen atoms in total. The summed E-state index contributed by atoms with van der Waals surface area (Å²) in [6.45, 7) is 0. The van der Waals surface area contributed by atoms with E-state index in [2.05, 4.69) is 42.5 Å². The number of hydrogen-bond acceptors (Lipinski definition) is 4. The molecule has 0 unspecified atom stereocenters. The Labute approximate surface area is 144 Å². The topological polar surface area (TPSA) is 92.2 Å². The fourth-order valence-electron chi connectivity index (χ4n) is 6.09. The van der Waals surface area contributed by atoms with Gasteiger partial charge in [-0.1, -0.05) is 0 Å². The van der Waals surface area contributed by atoms with Gasteiger partial charge in [0.1, 0.15) is 0 Å². The fraction of sp³-hybridized carbons (Fsp3) is 0.526. The molecule has 0 saturated heterocycles. The van der Waals surface area contributed by atoms with Gasteiger partial charge in [-0.05, 0) is 74.0 Å². The minimum Gasteiger partial charge on any atom is -0.222 e. The normalized spacial score (nSPS) is 38.0. The summed E-state index contributed by atoms with van der Waals surface area (Å²) in [5.74, 6) is 3.98. The van der Waals surface area contributed by atoms with Crippen molar-refractivity contribution in [2.75, 3.05) is 0 Å². The monoisotopic (exact) mass is 348 g/mol. The van der Waals surface area contributed by atoms with E-state index in [9.17, 15) is 0 Å². The molecule has 6 rings (SSSR count). The van der Waals surface area contributed by atoms with Crippen molar-refractivity contribution < 1.29 is 28.9 Å². The van der Waals surface area contributed by atoms with Crippen molar-refractivity contribution in [3.8, 4) is 0 Å². The Balaban J connectivity index is 0.000000260. The Bertz CT molecular complexity index is 637. The number of allylic oxidation sites excluding steroid dienone is 1. The molecule has 5 aliphatic rings. The standard InChI is InChI=1S/C19H21.ClHO4/c1-2-4-15-6-7-19(18(15)5-3-1)16-9-13-8-14(11-16)12-17(19)10-13;2-1(3,4)5/h1-7,13-14,16-17H,8-12H2;(H,2,3,4,5)/q+1;/p-1. The zero-order valence-electron chi connectivity index (χ0n) is 13.4. The molecule has 5 aliphatic carbocycles. The molecular formula is C19H21ClO4. The largest absolute Gasteiger partial charge is 0.222 e. The zero-order chi connectivity index (χ0) is 16.9. The average molecular weight is 349 g/mol. The molecule has 24 heavy (non-hydrogen) atoms. The maximum absolute atomic E-state index is 8.49. The maximum atomic E-state index is 8.49. The molecule has 0 heterocycles. The average Bonchev–Trinajstić information content (AvgIpc) is 2.66. The van der Waals surface area contributed by atoms with Crippen molar-refractivity contribution in [1.29, 1.82) is 0 Å². The van der Waals surface area contributed by atoms with Crippen LogP contribution in [0.2, 0.25) is 0 Å². The van der Waals surface area contributed by atoms with Crippen molar-refractivity contribution in [1.82, 2.24) is 0 Å². The fourth-order valence-corrected chi connectivity index (χ4v) is 6.09. The summed E-state index contributed by atoms with van der Waals surface area (Å²) < 4.78 is 34.0. The van der Waals surface area contributed by atoms with Gasteiger partial charge in [0.25, 0.3) is 0 Å². The molecule has 1 spiro atoms. The van der Waals surface area contributed by atoms with Gasteiger partial charge in [0.15, 0.2) is 0 Å². The molecule has 0 radical (unpaired) electrons. The second-order valence-corrected chi connectivity index (χ2v) is 8.48. The quantitative estimate of drug-likeness (QED) is 0.614. The highest BCUT2D eigenvalue weighted by Crippen LogP contribution is 2.65.